The first-order valence-corrected chi connectivity index (χ1v) is 10.9. The number of aromatic nitrogens is 2. The number of hydrogen-bond acceptors (Lipinski definition) is 6. The summed E-state index contributed by atoms with van der Waals surface area (Å²) in [6.45, 7) is 7.71. The van der Waals surface area contributed by atoms with Crippen LogP contribution >= 0.6 is 0 Å². The van der Waals surface area contributed by atoms with Crippen LogP contribution in [-0.4, -0.2) is 22.7 Å². The summed E-state index contributed by atoms with van der Waals surface area (Å²) >= 11 is 0. The lowest BCUT2D eigenvalue weighted by atomic mass is 9.76. The van der Waals surface area contributed by atoms with Gasteiger partial charge in [0.15, 0.2) is 17.3 Å². The van der Waals surface area contributed by atoms with E-state index in [1.54, 1.807) is 4.57 Å². The number of nitrogens with one attached hydrogen (secondary N) is 1. The van der Waals surface area contributed by atoms with Gasteiger partial charge in [-0.1, -0.05) is 26.8 Å². The number of anilines is 2. The molecule has 2 aromatic rings. The first kappa shape index (κ1) is 20.7. The minimum Gasteiger partial charge on any atom is -0.490 e. The maximum Gasteiger partial charge on any atom is 0.350 e. The van der Waals surface area contributed by atoms with Crippen molar-refractivity contribution in [2.75, 3.05) is 18.5 Å². The average Bonchev–Trinajstić information content (AvgIpc) is 2.70. The van der Waals surface area contributed by atoms with Gasteiger partial charge in [-0.05, 0) is 55.6 Å². The van der Waals surface area contributed by atoms with E-state index < -0.39 is 0 Å². The topological polar surface area (TPSA) is 91.4 Å². The van der Waals surface area contributed by atoms with Crippen molar-refractivity contribution in [2.24, 2.45) is 17.1 Å². The van der Waals surface area contributed by atoms with Crippen molar-refractivity contribution < 1.29 is 9.47 Å². The number of rotatable bonds is 5. The minimum absolute atomic E-state index is 0.177. The van der Waals surface area contributed by atoms with E-state index >= 15 is 0 Å². The van der Waals surface area contributed by atoms with Crippen LogP contribution in [0.4, 0.5) is 11.5 Å². The Balaban J connectivity index is 1.52. The molecule has 1 aromatic carbocycles. The van der Waals surface area contributed by atoms with Gasteiger partial charge in [-0.25, -0.2) is 4.79 Å². The van der Waals surface area contributed by atoms with Crippen molar-refractivity contribution >= 4 is 11.5 Å². The van der Waals surface area contributed by atoms with Crippen LogP contribution in [-0.2, 0) is 0 Å². The van der Waals surface area contributed by atoms with E-state index in [4.69, 9.17) is 15.2 Å². The Labute approximate surface area is 177 Å². The summed E-state index contributed by atoms with van der Waals surface area (Å²) in [4.78, 5) is 17.1. The summed E-state index contributed by atoms with van der Waals surface area (Å²) in [6, 6.07) is 5.76. The largest absolute Gasteiger partial charge is 0.490 e. The Morgan fingerprint density at radius 3 is 2.70 bits per heavy atom. The summed E-state index contributed by atoms with van der Waals surface area (Å²) < 4.78 is 13.5. The molecule has 0 saturated heterocycles. The second-order valence-electron chi connectivity index (χ2n) is 9.58. The molecule has 4 rings (SSSR count). The Kier molecular flexibility index (Phi) is 5.73. The third-order valence-corrected chi connectivity index (χ3v) is 5.86. The van der Waals surface area contributed by atoms with Gasteiger partial charge in [0.05, 0.1) is 6.20 Å². The van der Waals surface area contributed by atoms with Crippen LogP contribution < -0.4 is 26.2 Å². The number of fused-ring (bicyclic) bond motifs is 2. The van der Waals surface area contributed by atoms with Gasteiger partial charge in [0.2, 0.25) is 0 Å². The van der Waals surface area contributed by atoms with Gasteiger partial charge >= 0.3 is 5.69 Å². The fourth-order valence-electron chi connectivity index (χ4n) is 4.62. The van der Waals surface area contributed by atoms with Gasteiger partial charge in [0.25, 0.3) is 0 Å². The Hall–Kier alpha value is -2.54. The molecule has 0 spiro atoms. The van der Waals surface area contributed by atoms with Gasteiger partial charge < -0.3 is 20.5 Å². The summed E-state index contributed by atoms with van der Waals surface area (Å²) in [6.07, 6.45) is 7.34. The monoisotopic (exact) mass is 412 g/mol. The van der Waals surface area contributed by atoms with Crippen LogP contribution in [0.25, 0.3) is 0 Å². The van der Waals surface area contributed by atoms with Crippen LogP contribution in [0.2, 0.25) is 0 Å². The zero-order chi connectivity index (χ0) is 21.3. The fraction of sp³-hybridized carbons (Fsp3) is 0.565. The van der Waals surface area contributed by atoms with Gasteiger partial charge in [-0.15, -0.1) is 0 Å². The number of ether oxygens (including phenoxy) is 2. The van der Waals surface area contributed by atoms with Crippen LogP contribution in [0, 0.1) is 11.3 Å². The molecule has 162 valence electrons. The number of hydrogen-bond donors (Lipinski definition) is 2. The van der Waals surface area contributed by atoms with Crippen LogP contribution in [0.3, 0.4) is 0 Å². The van der Waals surface area contributed by atoms with Crippen molar-refractivity contribution in [3.8, 4) is 17.2 Å². The number of nitrogens with two attached hydrogens (primary N) is 1. The van der Waals surface area contributed by atoms with Gasteiger partial charge in [0, 0.05) is 12.6 Å². The molecule has 0 bridgehead atoms. The minimum atomic E-state index is -0.243. The standard InChI is InChI=1S/C23H32N4O3/c1-23(2,3)13-15-7-9-16(10-8-15)27-14-19-21(26-22(27)28)25-20-17(29-12-11-24)5-4-6-18(20)30-19/h4-6,14-16H,7-13,24H2,1-3H3,(H,25,26,28)/t15-,16-. The molecule has 2 heterocycles. The number of nitrogens with zero attached hydrogens (tertiary/aromatic N) is 2. The smallest absolute Gasteiger partial charge is 0.350 e. The SMILES string of the molecule is CC(C)(C)C[C@H]1CC[C@H](n2cc3c(nc2=O)Nc2c(OCCN)cccc2O3)CC1. The quantitative estimate of drug-likeness (QED) is 0.636. The van der Waals surface area contributed by atoms with Gasteiger partial charge in [-0.3, -0.25) is 4.57 Å². The second-order valence-corrected chi connectivity index (χ2v) is 9.58. The Morgan fingerprint density at radius 1 is 1.23 bits per heavy atom. The molecule has 0 radical (unpaired) electrons. The lowest BCUT2D eigenvalue weighted by Gasteiger charge is -2.33. The molecule has 7 nitrogen and oxygen atoms in total. The predicted octanol–water partition coefficient (Wildman–Crippen LogP) is 4.60. The molecular formula is C23H32N4O3. The van der Waals surface area contributed by atoms with E-state index in [-0.39, 0.29) is 11.7 Å². The lowest BCUT2D eigenvalue weighted by molar-refractivity contribution is 0.203. The highest BCUT2D eigenvalue weighted by Crippen LogP contribution is 2.45. The van der Waals surface area contributed by atoms with Crippen molar-refractivity contribution in [3.05, 3.63) is 34.9 Å². The average molecular weight is 413 g/mol. The van der Waals surface area contributed by atoms with E-state index in [9.17, 15) is 4.79 Å². The van der Waals surface area contributed by atoms with Crippen molar-refractivity contribution in [3.63, 3.8) is 0 Å². The molecule has 3 N–H and O–H groups in total. The van der Waals surface area contributed by atoms with Crippen LogP contribution in [0.5, 0.6) is 17.2 Å². The molecule has 30 heavy (non-hydrogen) atoms. The molecule has 1 saturated carbocycles. The highest BCUT2D eigenvalue weighted by atomic mass is 16.5. The highest BCUT2D eigenvalue weighted by molar-refractivity contribution is 5.77. The first-order chi connectivity index (χ1) is 14.3. The van der Waals surface area contributed by atoms with E-state index in [1.807, 2.05) is 24.4 Å². The van der Waals surface area contributed by atoms with E-state index in [1.165, 1.54) is 6.42 Å². The van der Waals surface area contributed by atoms with Crippen LogP contribution in [0.15, 0.2) is 29.2 Å². The lowest BCUT2D eigenvalue weighted by Crippen LogP contribution is -2.31. The maximum atomic E-state index is 12.8. The Morgan fingerprint density at radius 2 is 2.00 bits per heavy atom. The molecule has 1 aliphatic carbocycles. The summed E-state index contributed by atoms with van der Waals surface area (Å²) in [5.74, 6) is 3.01. The van der Waals surface area contributed by atoms with E-state index in [0.29, 0.717) is 47.3 Å². The molecule has 7 heteroatoms. The molecular weight excluding hydrogens is 380 g/mol. The summed E-state index contributed by atoms with van der Waals surface area (Å²) in [5.41, 5.74) is 6.32. The van der Waals surface area contributed by atoms with Crippen molar-refractivity contribution in [1.82, 2.24) is 9.55 Å². The predicted molar refractivity (Wildman–Crippen MR) is 118 cm³/mol. The maximum absolute atomic E-state index is 12.8. The number of para-hydroxylation sites is 1. The fourth-order valence-corrected chi connectivity index (χ4v) is 4.62. The van der Waals surface area contributed by atoms with Crippen molar-refractivity contribution in [2.45, 2.75) is 58.9 Å². The molecule has 0 atom stereocenters. The molecule has 1 aromatic heterocycles. The van der Waals surface area contributed by atoms with E-state index in [0.717, 1.165) is 31.6 Å². The second kappa shape index (κ2) is 8.30. The zero-order valence-electron chi connectivity index (χ0n) is 18.1. The van der Waals surface area contributed by atoms with Crippen LogP contribution in [0.1, 0.15) is 58.9 Å². The van der Waals surface area contributed by atoms with Gasteiger partial charge in [-0.2, -0.15) is 4.98 Å². The third-order valence-electron chi connectivity index (χ3n) is 5.86. The first-order valence-electron chi connectivity index (χ1n) is 10.9. The number of benzene rings is 1. The van der Waals surface area contributed by atoms with E-state index in [2.05, 4.69) is 31.1 Å². The van der Waals surface area contributed by atoms with Gasteiger partial charge in [0.1, 0.15) is 18.0 Å². The zero-order valence-corrected chi connectivity index (χ0v) is 18.1. The Bertz CT molecular complexity index is 956. The normalized spacial score (nSPS) is 20.5. The summed E-state index contributed by atoms with van der Waals surface area (Å²) in [7, 11) is 0. The molecule has 2 aliphatic rings. The molecule has 0 amide bonds. The van der Waals surface area contributed by atoms with Crippen molar-refractivity contribution in [1.29, 1.82) is 0 Å². The summed E-state index contributed by atoms with van der Waals surface area (Å²) in [5, 5.41) is 3.21. The molecule has 0 unspecified atom stereocenters. The molecule has 1 aliphatic heterocycles. The molecule has 1 fully saturated rings. The third kappa shape index (κ3) is 4.46. The highest BCUT2D eigenvalue weighted by Gasteiger charge is 2.28.